The number of rotatable bonds is 8. The zero-order valence-electron chi connectivity index (χ0n) is 14.4. The molecule has 2 heterocycles. The molecule has 1 aliphatic rings. The number of carbonyl (C=O) groups excluding carboxylic acids is 1. The Hall–Kier alpha value is -2.49. The van der Waals surface area contributed by atoms with Gasteiger partial charge in [0.2, 0.25) is 0 Å². The van der Waals surface area contributed by atoms with E-state index in [1.807, 2.05) is 0 Å². The van der Waals surface area contributed by atoms with Crippen LogP contribution in [-0.4, -0.2) is 24.2 Å². The number of ether oxygens (including phenoxy) is 2. The van der Waals surface area contributed by atoms with Crippen molar-refractivity contribution in [2.24, 2.45) is 5.92 Å². The molecule has 0 radical (unpaired) electrons. The standard InChI is InChI=1S/C20H20FNO4/c1-2-16-19(13-25-12-15-5-3-4-6-17(15)21)26-22-20(16)18(23)8-7-14-9-10-24-11-14/h1,3-6,14H,7-13H2. The summed E-state index contributed by atoms with van der Waals surface area (Å²) in [4.78, 5) is 12.4. The first kappa shape index (κ1) is 18.3. The van der Waals surface area contributed by atoms with Crippen molar-refractivity contribution in [2.75, 3.05) is 13.2 Å². The topological polar surface area (TPSA) is 61.6 Å². The highest BCUT2D eigenvalue weighted by atomic mass is 19.1. The van der Waals surface area contributed by atoms with Crippen molar-refractivity contribution in [3.63, 3.8) is 0 Å². The molecule has 1 fully saturated rings. The van der Waals surface area contributed by atoms with Crippen LogP contribution in [0.15, 0.2) is 28.8 Å². The van der Waals surface area contributed by atoms with Crippen LogP contribution in [0.1, 0.15) is 46.6 Å². The van der Waals surface area contributed by atoms with Gasteiger partial charge < -0.3 is 14.0 Å². The summed E-state index contributed by atoms with van der Waals surface area (Å²) in [5, 5.41) is 3.82. The second-order valence-corrected chi connectivity index (χ2v) is 6.25. The highest BCUT2D eigenvalue weighted by molar-refractivity contribution is 5.96. The molecule has 6 heteroatoms. The summed E-state index contributed by atoms with van der Waals surface area (Å²) >= 11 is 0. The normalized spacial score (nSPS) is 16.5. The van der Waals surface area contributed by atoms with E-state index in [0.29, 0.717) is 35.8 Å². The van der Waals surface area contributed by atoms with Gasteiger partial charge in [0, 0.05) is 25.2 Å². The van der Waals surface area contributed by atoms with Gasteiger partial charge in [-0.15, -0.1) is 6.42 Å². The predicted octanol–water partition coefficient (Wildman–Crippen LogP) is 3.51. The lowest BCUT2D eigenvalue weighted by molar-refractivity contribution is 0.0858. The van der Waals surface area contributed by atoms with Gasteiger partial charge in [0.1, 0.15) is 18.0 Å². The summed E-state index contributed by atoms with van der Waals surface area (Å²) in [7, 11) is 0. The van der Waals surface area contributed by atoms with Crippen LogP contribution >= 0.6 is 0 Å². The molecular weight excluding hydrogens is 337 g/mol. The van der Waals surface area contributed by atoms with E-state index in [4.69, 9.17) is 20.4 Å². The summed E-state index contributed by atoms with van der Waals surface area (Å²) in [6, 6.07) is 6.35. The third-order valence-corrected chi connectivity index (χ3v) is 4.42. The number of Topliss-reactive ketones (excluding diaryl/α,β-unsaturated/α-hetero) is 1. The molecule has 0 aliphatic carbocycles. The Morgan fingerprint density at radius 1 is 1.38 bits per heavy atom. The predicted molar refractivity (Wildman–Crippen MR) is 91.8 cm³/mol. The Kier molecular flexibility index (Phi) is 6.16. The Balaban J connectivity index is 1.58. The third kappa shape index (κ3) is 4.37. The molecule has 0 bridgehead atoms. The molecule has 0 N–H and O–H groups in total. The van der Waals surface area contributed by atoms with E-state index < -0.39 is 0 Å². The number of hydrogen-bond donors (Lipinski definition) is 0. The number of carbonyl (C=O) groups is 1. The Morgan fingerprint density at radius 3 is 2.96 bits per heavy atom. The second-order valence-electron chi connectivity index (χ2n) is 6.25. The van der Waals surface area contributed by atoms with E-state index >= 15 is 0 Å². The van der Waals surface area contributed by atoms with Crippen molar-refractivity contribution in [3.8, 4) is 12.3 Å². The Morgan fingerprint density at radius 2 is 2.23 bits per heavy atom. The number of benzene rings is 1. The third-order valence-electron chi connectivity index (χ3n) is 4.42. The molecule has 26 heavy (non-hydrogen) atoms. The molecule has 3 rings (SSSR count). The SMILES string of the molecule is C#Cc1c(C(=O)CCC2CCOC2)noc1COCc1ccccc1F. The van der Waals surface area contributed by atoms with Crippen molar-refractivity contribution in [1.29, 1.82) is 0 Å². The monoisotopic (exact) mass is 357 g/mol. The average molecular weight is 357 g/mol. The van der Waals surface area contributed by atoms with E-state index in [-0.39, 0.29) is 30.5 Å². The van der Waals surface area contributed by atoms with Crippen LogP contribution in [0, 0.1) is 24.1 Å². The van der Waals surface area contributed by atoms with Gasteiger partial charge in [0.05, 0.1) is 6.61 Å². The fourth-order valence-corrected chi connectivity index (χ4v) is 2.90. The molecule has 1 atom stereocenters. The van der Waals surface area contributed by atoms with Crippen LogP contribution in [0.2, 0.25) is 0 Å². The second kappa shape index (κ2) is 8.75. The minimum atomic E-state index is -0.339. The lowest BCUT2D eigenvalue weighted by atomic mass is 9.99. The zero-order chi connectivity index (χ0) is 18.4. The zero-order valence-corrected chi connectivity index (χ0v) is 14.4. The van der Waals surface area contributed by atoms with Crippen LogP contribution in [0.5, 0.6) is 0 Å². The largest absolute Gasteiger partial charge is 0.381 e. The first-order valence-electron chi connectivity index (χ1n) is 8.56. The highest BCUT2D eigenvalue weighted by Crippen LogP contribution is 2.22. The van der Waals surface area contributed by atoms with Gasteiger partial charge in [-0.1, -0.05) is 29.3 Å². The van der Waals surface area contributed by atoms with Gasteiger partial charge in [-0.2, -0.15) is 0 Å². The van der Waals surface area contributed by atoms with E-state index in [9.17, 15) is 9.18 Å². The maximum absolute atomic E-state index is 13.6. The lowest BCUT2D eigenvalue weighted by Gasteiger charge is -2.05. The van der Waals surface area contributed by atoms with Crippen molar-refractivity contribution < 1.29 is 23.2 Å². The first-order chi connectivity index (χ1) is 12.7. The van der Waals surface area contributed by atoms with Crippen LogP contribution < -0.4 is 0 Å². The lowest BCUT2D eigenvalue weighted by Crippen LogP contribution is -2.07. The Labute approximate surface area is 151 Å². The maximum Gasteiger partial charge on any atom is 0.186 e. The maximum atomic E-state index is 13.6. The fourth-order valence-electron chi connectivity index (χ4n) is 2.90. The molecule has 136 valence electrons. The number of aromatic nitrogens is 1. The van der Waals surface area contributed by atoms with E-state index in [0.717, 1.165) is 19.4 Å². The first-order valence-corrected chi connectivity index (χ1v) is 8.56. The van der Waals surface area contributed by atoms with Gasteiger partial charge in [0.25, 0.3) is 0 Å². The summed E-state index contributed by atoms with van der Waals surface area (Å²) in [6.07, 6.45) is 7.59. The van der Waals surface area contributed by atoms with Crippen molar-refractivity contribution in [3.05, 3.63) is 52.7 Å². The van der Waals surface area contributed by atoms with Crippen LogP contribution in [0.25, 0.3) is 0 Å². The summed E-state index contributed by atoms with van der Waals surface area (Å²) < 4.78 is 29.6. The Bertz CT molecular complexity index is 802. The average Bonchev–Trinajstić information content (AvgIpc) is 3.30. The molecule has 0 saturated carbocycles. The molecule has 2 aromatic rings. The van der Waals surface area contributed by atoms with Crippen molar-refractivity contribution >= 4 is 5.78 Å². The van der Waals surface area contributed by atoms with Gasteiger partial charge in [0.15, 0.2) is 17.2 Å². The molecule has 1 unspecified atom stereocenters. The molecule has 5 nitrogen and oxygen atoms in total. The number of hydrogen-bond acceptors (Lipinski definition) is 5. The molecular formula is C20H20FNO4. The summed E-state index contributed by atoms with van der Waals surface area (Å²) in [5.41, 5.74) is 0.909. The van der Waals surface area contributed by atoms with E-state index in [2.05, 4.69) is 11.1 Å². The number of nitrogens with zero attached hydrogens (tertiary/aromatic N) is 1. The van der Waals surface area contributed by atoms with E-state index in [1.165, 1.54) is 6.07 Å². The number of ketones is 1. The molecule has 0 spiro atoms. The van der Waals surface area contributed by atoms with Crippen molar-refractivity contribution in [1.82, 2.24) is 5.16 Å². The van der Waals surface area contributed by atoms with Gasteiger partial charge >= 0.3 is 0 Å². The number of terminal acetylenes is 1. The number of halogens is 1. The van der Waals surface area contributed by atoms with E-state index in [1.54, 1.807) is 18.2 Å². The van der Waals surface area contributed by atoms with Gasteiger partial charge in [-0.25, -0.2) is 4.39 Å². The van der Waals surface area contributed by atoms with Crippen LogP contribution in [0.4, 0.5) is 4.39 Å². The quantitative estimate of drug-likeness (QED) is 0.534. The molecule has 1 saturated heterocycles. The van der Waals surface area contributed by atoms with Crippen molar-refractivity contribution in [2.45, 2.75) is 32.5 Å². The molecule has 1 aromatic carbocycles. The van der Waals surface area contributed by atoms with Gasteiger partial charge in [-0.3, -0.25) is 4.79 Å². The minimum absolute atomic E-state index is 0.0185. The van der Waals surface area contributed by atoms with Crippen LogP contribution in [-0.2, 0) is 22.7 Å². The molecule has 0 amide bonds. The van der Waals surface area contributed by atoms with Gasteiger partial charge in [-0.05, 0) is 24.8 Å². The summed E-state index contributed by atoms with van der Waals surface area (Å²) in [5.74, 6) is 2.68. The smallest absolute Gasteiger partial charge is 0.186 e. The fraction of sp³-hybridized carbons (Fsp3) is 0.400. The molecule has 1 aliphatic heterocycles. The molecule has 1 aromatic heterocycles. The minimum Gasteiger partial charge on any atom is -0.381 e. The highest BCUT2D eigenvalue weighted by Gasteiger charge is 2.23. The summed E-state index contributed by atoms with van der Waals surface area (Å²) in [6.45, 7) is 1.54. The van der Waals surface area contributed by atoms with Crippen LogP contribution in [0.3, 0.4) is 0 Å².